The molecular weight excluding hydrogens is 868 g/mol. The molecule has 3 aromatic rings. The van der Waals surface area contributed by atoms with Gasteiger partial charge in [-0.25, -0.2) is 9.97 Å². The molecule has 8 bridgehead atoms. The zero-order valence-corrected chi connectivity index (χ0v) is 35.1. The maximum absolute atomic E-state index is 7.61. The third-order valence-corrected chi connectivity index (χ3v) is 15.4. The first-order valence-electron chi connectivity index (χ1n) is 17.8. The number of nitrogens with zero attached hydrogens (tertiary/aromatic N) is 2. The van der Waals surface area contributed by atoms with Gasteiger partial charge in [-0.2, -0.15) is 0 Å². The van der Waals surface area contributed by atoms with Crippen LogP contribution in [0.2, 0.25) is 0 Å². The van der Waals surface area contributed by atoms with Crippen LogP contribution >= 0.6 is 92.8 Å². The number of aromatic amines is 2. The first-order chi connectivity index (χ1) is 26.9. The highest BCUT2D eigenvalue weighted by Crippen LogP contribution is 2.50. The van der Waals surface area contributed by atoms with Gasteiger partial charge in [0.1, 0.15) is 19.5 Å². The maximum Gasteiger partial charge on any atom is 0.112 e. The maximum atomic E-state index is 7.61. The van der Waals surface area contributed by atoms with E-state index in [0.717, 1.165) is 0 Å². The van der Waals surface area contributed by atoms with Crippen molar-refractivity contribution < 1.29 is 0 Å². The number of alkyl halides is 8. The van der Waals surface area contributed by atoms with E-state index in [1.165, 1.54) is 0 Å². The van der Waals surface area contributed by atoms with Gasteiger partial charge in [-0.05, 0) is 48.6 Å². The minimum absolute atomic E-state index is 0.578. The summed E-state index contributed by atoms with van der Waals surface area (Å²) in [4.78, 5) is 13.0. The van der Waals surface area contributed by atoms with Gasteiger partial charge in [-0.3, -0.25) is 0 Å². The van der Waals surface area contributed by atoms with E-state index in [1.54, 1.807) is 0 Å². The lowest BCUT2D eigenvalue weighted by atomic mass is 9.89. The second-order valence-electron chi connectivity index (χ2n) is 14.2. The molecule has 282 valence electrons. The van der Waals surface area contributed by atoms with E-state index in [9.17, 15) is 0 Å². The summed E-state index contributed by atoms with van der Waals surface area (Å²) in [5, 5.41) is -2.50. The highest BCUT2D eigenvalue weighted by Gasteiger charge is 2.44. The molecule has 6 aliphatic rings. The molecule has 2 aliphatic heterocycles. The third kappa shape index (κ3) is 6.02. The van der Waals surface area contributed by atoms with Crippen LogP contribution in [-0.2, 0) is 19.5 Å². The topological polar surface area (TPSA) is 57.4 Å². The van der Waals surface area contributed by atoms with E-state index in [0.29, 0.717) is 67.1 Å². The minimum Gasteiger partial charge on any atom is -0.355 e. The summed E-state index contributed by atoms with van der Waals surface area (Å²) in [6.07, 6.45) is 37.7. The standard InChI is InChI=1S/C44H30Cl8N4/c45-33-9-1-5-21-41(33,49)37-25-13-15-27(53-25)38(42(50)22-6-2-10-34(42)46)29-17-19-31(55-29)40(44(52)24-8-4-12-36(44)48)32-20-18-30(56-32)39(28-16-14-26(37)54-28)43(51)23-7-3-11-35(43)47/h1-24,33-36,53,56H. The molecule has 3 aromatic heterocycles. The number of fused-ring (bicyclic) bond motifs is 8. The van der Waals surface area contributed by atoms with Gasteiger partial charge in [-0.1, -0.05) is 97.2 Å². The number of hydrogen-bond donors (Lipinski definition) is 2. The van der Waals surface area contributed by atoms with Crippen molar-refractivity contribution in [3.8, 4) is 0 Å². The first-order valence-corrected chi connectivity index (χ1v) is 21.1. The van der Waals surface area contributed by atoms with Crippen molar-refractivity contribution in [2.24, 2.45) is 0 Å². The summed E-state index contributed by atoms with van der Waals surface area (Å²) < 4.78 is 0. The zero-order chi connectivity index (χ0) is 39.0. The lowest BCUT2D eigenvalue weighted by molar-refractivity contribution is 0.761. The number of hydrogen-bond acceptors (Lipinski definition) is 2. The molecule has 8 unspecified atom stereocenters. The molecule has 5 heterocycles. The average Bonchev–Trinajstić information content (AvgIpc) is 4.01. The van der Waals surface area contributed by atoms with Crippen molar-refractivity contribution in [2.45, 2.75) is 41.0 Å². The second-order valence-corrected chi connectivity index (χ2v) is 18.5. The Bertz CT molecular complexity index is 2310. The molecule has 0 fully saturated rings. The summed E-state index contributed by atoms with van der Waals surface area (Å²) >= 11 is 58.7. The first kappa shape index (κ1) is 38.4. The summed E-state index contributed by atoms with van der Waals surface area (Å²) in [7, 11) is 0. The third-order valence-electron chi connectivity index (χ3n) is 10.8. The van der Waals surface area contributed by atoms with Crippen molar-refractivity contribution in [2.75, 3.05) is 0 Å². The number of H-pyrrole nitrogens is 2. The Labute approximate surface area is 363 Å². The van der Waals surface area contributed by atoms with Gasteiger partial charge in [0.25, 0.3) is 0 Å². The minimum atomic E-state index is -1.21. The zero-order valence-electron chi connectivity index (χ0n) is 29.1. The van der Waals surface area contributed by atoms with Crippen LogP contribution in [0.3, 0.4) is 0 Å². The Hall–Kier alpha value is -3.16. The number of allylic oxidation sites excluding steroid dienone is 16. The van der Waals surface area contributed by atoms with Gasteiger partial charge < -0.3 is 9.97 Å². The largest absolute Gasteiger partial charge is 0.355 e. The Morgan fingerprint density at radius 1 is 0.375 bits per heavy atom. The predicted molar refractivity (Wildman–Crippen MR) is 241 cm³/mol. The van der Waals surface area contributed by atoms with Crippen molar-refractivity contribution >= 4 is 139 Å². The molecule has 4 aliphatic carbocycles. The van der Waals surface area contributed by atoms with E-state index in [1.807, 2.05) is 146 Å². The Kier molecular flexibility index (Phi) is 9.79. The van der Waals surface area contributed by atoms with Gasteiger partial charge in [0.05, 0.1) is 44.3 Å². The monoisotopic (exact) mass is 894 g/mol. The van der Waals surface area contributed by atoms with Crippen LogP contribution in [0.15, 0.2) is 121 Å². The number of rotatable bonds is 4. The number of aromatic nitrogens is 4. The van der Waals surface area contributed by atoms with Crippen LogP contribution in [0.5, 0.6) is 0 Å². The van der Waals surface area contributed by atoms with E-state index in [-0.39, 0.29) is 0 Å². The van der Waals surface area contributed by atoms with Crippen molar-refractivity contribution in [3.63, 3.8) is 0 Å². The van der Waals surface area contributed by atoms with Gasteiger partial charge in [0.2, 0.25) is 0 Å². The van der Waals surface area contributed by atoms with Crippen molar-refractivity contribution in [3.05, 3.63) is 167 Å². The summed E-state index contributed by atoms with van der Waals surface area (Å²) in [5.74, 6) is 0. The van der Waals surface area contributed by atoms with Crippen LogP contribution in [0, 0.1) is 0 Å². The van der Waals surface area contributed by atoms with Crippen LogP contribution in [0.1, 0.15) is 45.0 Å². The molecule has 0 saturated heterocycles. The molecule has 0 radical (unpaired) electrons. The summed E-state index contributed by atoms with van der Waals surface area (Å²) in [6, 6.07) is 7.79. The van der Waals surface area contributed by atoms with Gasteiger partial charge in [0.15, 0.2) is 0 Å². The van der Waals surface area contributed by atoms with Crippen LogP contribution < -0.4 is 0 Å². The normalized spacial score (nSPS) is 32.6. The van der Waals surface area contributed by atoms with E-state index in [2.05, 4.69) is 9.97 Å². The molecule has 9 rings (SSSR count). The lowest BCUT2D eigenvalue weighted by Gasteiger charge is -2.31. The molecule has 4 nitrogen and oxygen atoms in total. The second kappa shape index (κ2) is 14.3. The molecule has 0 spiro atoms. The Morgan fingerprint density at radius 3 is 0.821 bits per heavy atom. The highest BCUT2D eigenvalue weighted by atomic mass is 35.5. The van der Waals surface area contributed by atoms with Crippen molar-refractivity contribution in [1.82, 2.24) is 19.9 Å². The van der Waals surface area contributed by atoms with Crippen LogP contribution in [0.25, 0.3) is 46.4 Å². The summed E-state index contributed by atoms with van der Waals surface area (Å²) in [5.41, 5.74) is 7.56. The average molecular weight is 898 g/mol. The molecule has 0 amide bonds. The molecule has 12 heteroatoms. The van der Waals surface area contributed by atoms with Gasteiger partial charge in [-0.15, -0.1) is 92.8 Å². The SMILES string of the molecule is ClC1C=CC=CC1(Cl)c1c2nc(c(C3(Cl)C=CC=CC3Cl)c3ccc([nH]3)c(C3(Cl)C=CC=CC3Cl)c3nc(c(C4(Cl)C=CC=CC4Cl)c4ccc1[nH]4)C=C3)C=C2. The van der Waals surface area contributed by atoms with Crippen LogP contribution in [-0.4, -0.2) is 41.4 Å². The summed E-state index contributed by atoms with van der Waals surface area (Å²) in [6.45, 7) is 0. The fourth-order valence-electron chi connectivity index (χ4n) is 8.06. The number of halogens is 8. The molecule has 56 heavy (non-hydrogen) atoms. The highest BCUT2D eigenvalue weighted by molar-refractivity contribution is 6.37. The van der Waals surface area contributed by atoms with Crippen molar-refractivity contribution in [1.29, 1.82) is 0 Å². The Morgan fingerprint density at radius 2 is 0.607 bits per heavy atom. The predicted octanol–water partition coefficient (Wildman–Crippen LogP) is 13.3. The quantitative estimate of drug-likeness (QED) is 0.177. The van der Waals surface area contributed by atoms with E-state index < -0.39 is 41.0 Å². The smallest absolute Gasteiger partial charge is 0.112 e. The molecule has 8 atom stereocenters. The molecule has 2 N–H and O–H groups in total. The fraction of sp³-hybridized carbons (Fsp3) is 0.182. The molecular formula is C44H30Cl8N4. The van der Waals surface area contributed by atoms with E-state index in [4.69, 9.17) is 103 Å². The molecule has 0 aromatic carbocycles. The van der Waals surface area contributed by atoms with Gasteiger partial charge in [0, 0.05) is 44.3 Å². The van der Waals surface area contributed by atoms with Crippen LogP contribution in [0.4, 0.5) is 0 Å². The fourth-order valence-corrected chi connectivity index (χ4v) is 10.5. The van der Waals surface area contributed by atoms with E-state index >= 15 is 0 Å². The lowest BCUT2D eigenvalue weighted by Crippen LogP contribution is -2.30. The molecule has 0 saturated carbocycles. The number of nitrogens with one attached hydrogen (secondary N) is 2. The Balaban J connectivity index is 1.49. The van der Waals surface area contributed by atoms with Gasteiger partial charge >= 0.3 is 0 Å².